The molecule has 0 aromatic carbocycles. The molecule has 0 saturated carbocycles. The van der Waals surface area contributed by atoms with Gasteiger partial charge in [0.15, 0.2) is 5.69 Å². The number of carbonyl (C=O) groups is 1. The number of anilines is 1. The monoisotopic (exact) mass is 207 g/mol. The van der Waals surface area contributed by atoms with Gasteiger partial charge in [-0.1, -0.05) is 0 Å². The van der Waals surface area contributed by atoms with Gasteiger partial charge in [0.05, 0.1) is 13.3 Å². The minimum atomic E-state index is -0.361. The highest BCUT2D eigenvalue weighted by atomic mass is 16.5. The summed E-state index contributed by atoms with van der Waals surface area (Å²) in [4.78, 5) is 15.6. The standard InChI is InChI=1S/C10H13N3O2/c1-2-15-10(14)9-7-5-11-6-13-8(7)3-4-12-9/h3-4,11,13H,2,5-6H2,1H3. The molecule has 0 spiro atoms. The summed E-state index contributed by atoms with van der Waals surface area (Å²) >= 11 is 0. The molecule has 0 radical (unpaired) electrons. The van der Waals surface area contributed by atoms with Crippen molar-refractivity contribution in [3.8, 4) is 0 Å². The Hall–Kier alpha value is -1.62. The minimum Gasteiger partial charge on any atom is -0.461 e. The van der Waals surface area contributed by atoms with E-state index in [0.29, 0.717) is 25.5 Å². The van der Waals surface area contributed by atoms with Crippen LogP contribution in [0.5, 0.6) is 0 Å². The number of hydrogen-bond donors (Lipinski definition) is 2. The van der Waals surface area contributed by atoms with E-state index in [1.807, 2.05) is 6.07 Å². The largest absolute Gasteiger partial charge is 0.461 e. The molecule has 5 nitrogen and oxygen atoms in total. The average Bonchev–Trinajstić information content (AvgIpc) is 2.28. The quantitative estimate of drug-likeness (QED) is 0.700. The second kappa shape index (κ2) is 4.27. The SMILES string of the molecule is CCOC(=O)c1nccc2c1CNCN2. The normalized spacial score (nSPS) is 13.9. The van der Waals surface area contributed by atoms with Crippen LogP contribution < -0.4 is 10.6 Å². The maximum atomic E-state index is 11.6. The topological polar surface area (TPSA) is 63.2 Å². The molecule has 0 aliphatic carbocycles. The summed E-state index contributed by atoms with van der Waals surface area (Å²) in [7, 11) is 0. The predicted molar refractivity (Wildman–Crippen MR) is 55.5 cm³/mol. The fraction of sp³-hybridized carbons (Fsp3) is 0.400. The van der Waals surface area contributed by atoms with Crippen molar-refractivity contribution in [3.63, 3.8) is 0 Å². The number of carbonyl (C=O) groups excluding carboxylic acids is 1. The Labute approximate surface area is 87.8 Å². The van der Waals surface area contributed by atoms with Gasteiger partial charge in [0.1, 0.15) is 0 Å². The molecule has 1 aromatic rings. The molecule has 2 N–H and O–H groups in total. The summed E-state index contributed by atoms with van der Waals surface area (Å²) in [5, 5.41) is 6.26. The summed E-state index contributed by atoms with van der Waals surface area (Å²) in [6, 6.07) is 1.86. The minimum absolute atomic E-state index is 0.361. The third kappa shape index (κ3) is 1.92. The van der Waals surface area contributed by atoms with Crippen molar-refractivity contribution in [3.05, 3.63) is 23.5 Å². The van der Waals surface area contributed by atoms with E-state index in [2.05, 4.69) is 15.6 Å². The first-order valence-corrected chi connectivity index (χ1v) is 4.92. The van der Waals surface area contributed by atoms with Crippen molar-refractivity contribution in [2.24, 2.45) is 0 Å². The van der Waals surface area contributed by atoms with Gasteiger partial charge in [-0.05, 0) is 13.0 Å². The summed E-state index contributed by atoms with van der Waals surface area (Å²) in [5.74, 6) is -0.361. The van der Waals surface area contributed by atoms with Crippen LogP contribution in [0.25, 0.3) is 0 Å². The van der Waals surface area contributed by atoms with E-state index in [1.54, 1.807) is 13.1 Å². The molecule has 15 heavy (non-hydrogen) atoms. The van der Waals surface area contributed by atoms with Crippen molar-refractivity contribution in [2.75, 3.05) is 18.6 Å². The van der Waals surface area contributed by atoms with Gasteiger partial charge in [-0.15, -0.1) is 0 Å². The molecule has 0 bridgehead atoms. The Bertz CT molecular complexity index is 379. The van der Waals surface area contributed by atoms with Gasteiger partial charge < -0.3 is 10.1 Å². The number of hydrogen-bond acceptors (Lipinski definition) is 5. The molecule has 1 aromatic heterocycles. The molecular weight excluding hydrogens is 194 g/mol. The smallest absolute Gasteiger partial charge is 0.357 e. The third-order valence-electron chi connectivity index (χ3n) is 2.23. The molecule has 1 aliphatic rings. The second-order valence-electron chi connectivity index (χ2n) is 3.19. The van der Waals surface area contributed by atoms with E-state index in [9.17, 15) is 4.79 Å². The summed E-state index contributed by atoms with van der Waals surface area (Å²) < 4.78 is 4.94. The number of pyridine rings is 1. The molecule has 80 valence electrons. The Balaban J connectivity index is 2.34. The Morgan fingerprint density at radius 2 is 2.53 bits per heavy atom. The van der Waals surface area contributed by atoms with Gasteiger partial charge in [-0.2, -0.15) is 0 Å². The molecule has 0 amide bonds. The lowest BCUT2D eigenvalue weighted by Gasteiger charge is -2.20. The van der Waals surface area contributed by atoms with Gasteiger partial charge in [-0.3, -0.25) is 5.32 Å². The fourth-order valence-corrected chi connectivity index (χ4v) is 1.56. The van der Waals surface area contributed by atoms with Crippen LogP contribution in [0.2, 0.25) is 0 Å². The molecular formula is C10H13N3O2. The molecule has 5 heteroatoms. The lowest BCUT2D eigenvalue weighted by Crippen LogP contribution is -2.29. The van der Waals surface area contributed by atoms with Crippen LogP contribution in [-0.2, 0) is 11.3 Å². The molecule has 0 atom stereocenters. The van der Waals surface area contributed by atoms with E-state index < -0.39 is 0 Å². The number of nitrogens with zero attached hydrogens (tertiary/aromatic N) is 1. The van der Waals surface area contributed by atoms with E-state index >= 15 is 0 Å². The predicted octanol–water partition coefficient (Wildman–Crippen LogP) is 0.731. The van der Waals surface area contributed by atoms with Gasteiger partial charge in [0, 0.05) is 24.0 Å². The third-order valence-corrected chi connectivity index (χ3v) is 2.23. The van der Waals surface area contributed by atoms with Crippen molar-refractivity contribution in [1.29, 1.82) is 0 Å². The number of ether oxygens (including phenoxy) is 1. The van der Waals surface area contributed by atoms with Crippen molar-refractivity contribution in [1.82, 2.24) is 10.3 Å². The number of nitrogens with one attached hydrogen (secondary N) is 2. The van der Waals surface area contributed by atoms with Crippen molar-refractivity contribution < 1.29 is 9.53 Å². The number of esters is 1. The van der Waals surface area contributed by atoms with Crippen LogP contribution in [0.1, 0.15) is 23.0 Å². The van der Waals surface area contributed by atoms with Gasteiger partial charge in [0.25, 0.3) is 0 Å². The summed E-state index contributed by atoms with van der Waals surface area (Å²) in [6.07, 6.45) is 1.61. The lowest BCUT2D eigenvalue weighted by molar-refractivity contribution is 0.0518. The van der Waals surface area contributed by atoms with E-state index in [-0.39, 0.29) is 5.97 Å². The zero-order valence-corrected chi connectivity index (χ0v) is 8.54. The fourth-order valence-electron chi connectivity index (χ4n) is 1.56. The van der Waals surface area contributed by atoms with Crippen molar-refractivity contribution in [2.45, 2.75) is 13.5 Å². The maximum absolute atomic E-state index is 11.6. The van der Waals surface area contributed by atoms with Crippen LogP contribution in [0.4, 0.5) is 5.69 Å². The van der Waals surface area contributed by atoms with E-state index in [1.165, 1.54) is 0 Å². The van der Waals surface area contributed by atoms with Crippen molar-refractivity contribution >= 4 is 11.7 Å². The molecule has 0 saturated heterocycles. The highest BCUT2D eigenvalue weighted by Crippen LogP contribution is 2.20. The Morgan fingerprint density at radius 1 is 1.67 bits per heavy atom. The van der Waals surface area contributed by atoms with E-state index in [0.717, 1.165) is 11.3 Å². The van der Waals surface area contributed by atoms with Gasteiger partial charge >= 0.3 is 5.97 Å². The number of aromatic nitrogens is 1. The average molecular weight is 207 g/mol. The molecule has 1 aliphatic heterocycles. The Kier molecular flexibility index (Phi) is 2.82. The zero-order valence-electron chi connectivity index (χ0n) is 8.54. The van der Waals surface area contributed by atoms with Crippen LogP contribution in [-0.4, -0.2) is 24.2 Å². The Morgan fingerprint density at radius 3 is 3.33 bits per heavy atom. The number of fused-ring (bicyclic) bond motifs is 1. The summed E-state index contributed by atoms with van der Waals surface area (Å²) in [6.45, 7) is 3.50. The van der Waals surface area contributed by atoms with Crippen LogP contribution >= 0.6 is 0 Å². The first-order chi connectivity index (χ1) is 7.33. The first-order valence-electron chi connectivity index (χ1n) is 4.92. The molecule has 0 unspecified atom stereocenters. The van der Waals surface area contributed by atoms with Crippen LogP contribution in [0.15, 0.2) is 12.3 Å². The second-order valence-corrected chi connectivity index (χ2v) is 3.19. The van der Waals surface area contributed by atoms with Gasteiger partial charge in [-0.25, -0.2) is 9.78 Å². The van der Waals surface area contributed by atoms with Crippen LogP contribution in [0, 0.1) is 0 Å². The summed E-state index contributed by atoms with van der Waals surface area (Å²) in [5.41, 5.74) is 2.23. The number of rotatable bonds is 2. The zero-order chi connectivity index (χ0) is 10.7. The van der Waals surface area contributed by atoms with Gasteiger partial charge in [0.2, 0.25) is 0 Å². The highest BCUT2D eigenvalue weighted by Gasteiger charge is 2.19. The maximum Gasteiger partial charge on any atom is 0.357 e. The lowest BCUT2D eigenvalue weighted by atomic mass is 10.1. The highest BCUT2D eigenvalue weighted by molar-refractivity contribution is 5.90. The van der Waals surface area contributed by atoms with Crippen LogP contribution in [0.3, 0.4) is 0 Å². The molecule has 2 heterocycles. The van der Waals surface area contributed by atoms with E-state index in [4.69, 9.17) is 4.74 Å². The molecule has 2 rings (SSSR count). The first kappa shape index (κ1) is 9.92. The molecule has 0 fully saturated rings.